The quantitative estimate of drug-likeness (QED) is 0.887. The maximum atomic E-state index is 6.15. The fourth-order valence-corrected chi connectivity index (χ4v) is 2.18. The Balaban J connectivity index is 1.73. The summed E-state index contributed by atoms with van der Waals surface area (Å²) in [5, 5.41) is 4.67. The molecule has 0 unspecified atom stereocenters. The van der Waals surface area contributed by atoms with Crippen molar-refractivity contribution in [1.29, 1.82) is 0 Å². The fourth-order valence-electron chi connectivity index (χ4n) is 1.82. The number of pyridine rings is 1. The minimum Gasteiger partial charge on any atom is -0.439 e. The van der Waals surface area contributed by atoms with Crippen LogP contribution in [-0.4, -0.2) is 11.0 Å². The van der Waals surface area contributed by atoms with Crippen molar-refractivity contribution >= 4 is 23.2 Å². The molecule has 2 aromatic rings. The van der Waals surface area contributed by atoms with Gasteiger partial charge in [0.1, 0.15) is 5.75 Å². The molecular formula is C15H14Cl2N2O. The largest absolute Gasteiger partial charge is 0.439 e. The van der Waals surface area contributed by atoms with Gasteiger partial charge in [0.25, 0.3) is 0 Å². The predicted octanol–water partition coefficient (Wildman–Crippen LogP) is 4.43. The molecule has 1 aromatic carbocycles. The average molecular weight is 309 g/mol. The van der Waals surface area contributed by atoms with Crippen LogP contribution in [0.15, 0.2) is 36.4 Å². The number of halogens is 2. The van der Waals surface area contributed by atoms with Gasteiger partial charge in [-0.1, -0.05) is 29.3 Å². The molecule has 0 aliphatic heterocycles. The Hall–Kier alpha value is -1.29. The number of ether oxygens (including phenoxy) is 1. The third-order valence-electron chi connectivity index (χ3n) is 3.05. The lowest BCUT2D eigenvalue weighted by Gasteiger charge is -2.09. The lowest BCUT2D eigenvalue weighted by molar-refractivity contribution is 0.459. The van der Waals surface area contributed by atoms with E-state index in [-0.39, 0.29) is 0 Å². The molecule has 1 heterocycles. The van der Waals surface area contributed by atoms with Crippen molar-refractivity contribution in [2.75, 3.05) is 0 Å². The smallest absolute Gasteiger partial charge is 0.219 e. The Bertz CT molecular complexity index is 615. The molecule has 1 aliphatic rings. The standard InChI is InChI=1S/C15H14Cl2N2O/c16-10-2-1-3-12(8-10)20-15-7-6-13(17)14(19-15)9-18-11-4-5-11/h1-3,6-8,11,18H,4-5,9H2. The van der Waals surface area contributed by atoms with E-state index in [1.165, 1.54) is 12.8 Å². The van der Waals surface area contributed by atoms with Crippen LogP contribution in [0.4, 0.5) is 0 Å². The maximum absolute atomic E-state index is 6.15. The van der Waals surface area contributed by atoms with Crippen LogP contribution in [-0.2, 0) is 6.54 Å². The number of hydrogen-bond acceptors (Lipinski definition) is 3. The highest BCUT2D eigenvalue weighted by atomic mass is 35.5. The van der Waals surface area contributed by atoms with Gasteiger partial charge in [-0.15, -0.1) is 0 Å². The number of benzene rings is 1. The Morgan fingerprint density at radius 1 is 1.20 bits per heavy atom. The van der Waals surface area contributed by atoms with Gasteiger partial charge in [0.2, 0.25) is 5.88 Å². The van der Waals surface area contributed by atoms with Crippen LogP contribution in [0, 0.1) is 0 Å². The Kier molecular flexibility index (Phi) is 4.10. The second-order valence-corrected chi connectivity index (χ2v) is 5.64. The van der Waals surface area contributed by atoms with Gasteiger partial charge in [-0.05, 0) is 37.1 Å². The van der Waals surface area contributed by atoms with Crippen LogP contribution < -0.4 is 10.1 Å². The molecule has 1 saturated carbocycles. The van der Waals surface area contributed by atoms with E-state index in [0.717, 1.165) is 5.69 Å². The highest BCUT2D eigenvalue weighted by molar-refractivity contribution is 6.31. The average Bonchev–Trinajstić information content (AvgIpc) is 3.23. The molecule has 3 rings (SSSR count). The monoisotopic (exact) mass is 308 g/mol. The molecule has 0 amide bonds. The number of hydrogen-bond donors (Lipinski definition) is 1. The van der Waals surface area contributed by atoms with Crippen molar-refractivity contribution in [3.63, 3.8) is 0 Å². The van der Waals surface area contributed by atoms with Gasteiger partial charge in [0, 0.05) is 23.7 Å². The first-order valence-corrected chi connectivity index (χ1v) is 7.28. The van der Waals surface area contributed by atoms with Crippen molar-refractivity contribution in [2.45, 2.75) is 25.4 Å². The van der Waals surface area contributed by atoms with E-state index in [1.807, 2.05) is 12.1 Å². The first-order chi connectivity index (χ1) is 9.70. The normalized spacial score (nSPS) is 14.3. The summed E-state index contributed by atoms with van der Waals surface area (Å²) in [7, 11) is 0. The summed E-state index contributed by atoms with van der Waals surface area (Å²) in [4.78, 5) is 4.44. The van der Waals surface area contributed by atoms with Gasteiger partial charge in [-0.2, -0.15) is 0 Å². The molecule has 0 bridgehead atoms. The highest BCUT2D eigenvalue weighted by Crippen LogP contribution is 2.26. The van der Waals surface area contributed by atoms with Crippen LogP contribution in [0.25, 0.3) is 0 Å². The van der Waals surface area contributed by atoms with Crippen LogP contribution in [0.5, 0.6) is 11.6 Å². The molecule has 3 nitrogen and oxygen atoms in total. The van der Waals surface area contributed by atoms with E-state index in [9.17, 15) is 0 Å². The summed E-state index contributed by atoms with van der Waals surface area (Å²) in [5.41, 5.74) is 0.804. The Morgan fingerprint density at radius 3 is 2.80 bits per heavy atom. The lowest BCUT2D eigenvalue weighted by atomic mass is 10.3. The van der Waals surface area contributed by atoms with Gasteiger partial charge in [0.05, 0.1) is 10.7 Å². The zero-order chi connectivity index (χ0) is 13.9. The Morgan fingerprint density at radius 2 is 2.05 bits per heavy atom. The number of nitrogens with one attached hydrogen (secondary N) is 1. The van der Waals surface area contributed by atoms with Gasteiger partial charge in [-0.25, -0.2) is 4.98 Å². The van der Waals surface area contributed by atoms with Crippen molar-refractivity contribution in [3.05, 3.63) is 52.1 Å². The predicted molar refractivity (Wildman–Crippen MR) is 80.6 cm³/mol. The summed E-state index contributed by atoms with van der Waals surface area (Å²) in [6, 6.07) is 11.4. The van der Waals surface area contributed by atoms with Crippen molar-refractivity contribution in [2.24, 2.45) is 0 Å². The summed E-state index contributed by atoms with van der Waals surface area (Å²) in [6.07, 6.45) is 2.46. The number of rotatable bonds is 5. The number of nitrogens with zero attached hydrogens (tertiary/aromatic N) is 1. The molecule has 0 radical (unpaired) electrons. The zero-order valence-electron chi connectivity index (χ0n) is 10.8. The van der Waals surface area contributed by atoms with E-state index in [4.69, 9.17) is 27.9 Å². The lowest BCUT2D eigenvalue weighted by Crippen LogP contribution is -2.16. The van der Waals surface area contributed by atoms with E-state index in [2.05, 4.69) is 10.3 Å². The topological polar surface area (TPSA) is 34.1 Å². The highest BCUT2D eigenvalue weighted by Gasteiger charge is 2.20. The first kappa shape index (κ1) is 13.7. The van der Waals surface area contributed by atoms with Gasteiger partial charge in [-0.3, -0.25) is 0 Å². The summed E-state index contributed by atoms with van der Waals surface area (Å²) < 4.78 is 5.70. The van der Waals surface area contributed by atoms with Gasteiger partial charge < -0.3 is 10.1 Å². The third-order valence-corrected chi connectivity index (χ3v) is 3.63. The van der Waals surface area contributed by atoms with Crippen molar-refractivity contribution in [1.82, 2.24) is 10.3 Å². The summed E-state index contributed by atoms with van der Waals surface area (Å²) in [5.74, 6) is 1.18. The molecule has 1 N–H and O–H groups in total. The van der Waals surface area contributed by atoms with E-state index in [0.29, 0.717) is 34.3 Å². The summed E-state index contributed by atoms with van der Waals surface area (Å²) >= 11 is 12.1. The molecule has 0 spiro atoms. The number of aromatic nitrogens is 1. The van der Waals surface area contributed by atoms with E-state index >= 15 is 0 Å². The van der Waals surface area contributed by atoms with E-state index in [1.54, 1.807) is 24.3 Å². The minimum atomic E-state index is 0.518. The molecule has 1 aliphatic carbocycles. The maximum Gasteiger partial charge on any atom is 0.219 e. The SMILES string of the molecule is Clc1cccc(Oc2ccc(Cl)c(CNC3CC3)n2)c1. The molecule has 5 heteroatoms. The molecular weight excluding hydrogens is 295 g/mol. The van der Waals surface area contributed by atoms with Crippen LogP contribution in [0.2, 0.25) is 10.0 Å². The second kappa shape index (κ2) is 6.00. The third kappa shape index (κ3) is 3.63. The molecule has 1 aromatic heterocycles. The van der Waals surface area contributed by atoms with E-state index < -0.39 is 0 Å². The van der Waals surface area contributed by atoms with Gasteiger partial charge >= 0.3 is 0 Å². The van der Waals surface area contributed by atoms with Gasteiger partial charge in [0.15, 0.2) is 0 Å². The van der Waals surface area contributed by atoms with Crippen LogP contribution in [0.1, 0.15) is 18.5 Å². The summed E-state index contributed by atoms with van der Waals surface area (Å²) in [6.45, 7) is 0.663. The van der Waals surface area contributed by atoms with Crippen LogP contribution >= 0.6 is 23.2 Å². The second-order valence-electron chi connectivity index (χ2n) is 4.79. The fraction of sp³-hybridized carbons (Fsp3) is 0.267. The Labute approximate surface area is 127 Å². The first-order valence-electron chi connectivity index (χ1n) is 6.53. The van der Waals surface area contributed by atoms with Crippen molar-refractivity contribution < 1.29 is 4.74 Å². The zero-order valence-corrected chi connectivity index (χ0v) is 12.3. The van der Waals surface area contributed by atoms with Crippen molar-refractivity contribution in [3.8, 4) is 11.6 Å². The molecule has 104 valence electrons. The molecule has 20 heavy (non-hydrogen) atoms. The molecule has 0 atom stereocenters. The minimum absolute atomic E-state index is 0.518. The molecule has 1 fully saturated rings. The molecule has 0 saturated heterocycles. The van der Waals surface area contributed by atoms with Crippen LogP contribution in [0.3, 0.4) is 0 Å².